The Kier molecular flexibility index (Phi) is 1.55. The third-order valence-electron chi connectivity index (χ3n) is 1.75. The van der Waals surface area contributed by atoms with Crippen LogP contribution in [0.15, 0.2) is 36.8 Å². The molecule has 0 bridgehead atoms. The summed E-state index contributed by atoms with van der Waals surface area (Å²) in [5, 5.41) is 0. The number of nitrogen functional groups attached to an aromatic ring is 1. The van der Waals surface area contributed by atoms with Crippen molar-refractivity contribution in [1.29, 1.82) is 0 Å². The number of hydrogen-bond acceptors (Lipinski definition) is 2. The van der Waals surface area contributed by atoms with Crippen LogP contribution < -0.4 is 5.73 Å². The van der Waals surface area contributed by atoms with Crippen LogP contribution >= 0.6 is 0 Å². The average molecular weight is 159 g/mol. The number of hydrogen-bond donors (Lipinski definition) is 2. The number of rotatable bonds is 1. The minimum Gasteiger partial charge on any atom is -0.383 e. The molecule has 0 aliphatic rings. The lowest BCUT2D eigenvalue weighted by Gasteiger charge is -1.99. The molecule has 0 saturated heterocycles. The highest BCUT2D eigenvalue weighted by Gasteiger charge is 2.00. The van der Waals surface area contributed by atoms with Crippen molar-refractivity contribution in [2.75, 3.05) is 5.73 Å². The summed E-state index contributed by atoms with van der Waals surface area (Å²) in [4.78, 5) is 6.97. The van der Waals surface area contributed by atoms with Gasteiger partial charge < -0.3 is 10.7 Å². The number of H-pyrrole nitrogens is 1. The predicted octanol–water partition coefficient (Wildman–Crippen LogP) is 1.66. The minimum absolute atomic E-state index is 0.567. The maximum absolute atomic E-state index is 5.69. The Morgan fingerprint density at radius 2 is 2.25 bits per heavy atom. The van der Waals surface area contributed by atoms with Crippen molar-refractivity contribution >= 4 is 5.82 Å². The number of pyridine rings is 1. The molecule has 60 valence electrons. The van der Waals surface area contributed by atoms with Gasteiger partial charge in [0.15, 0.2) is 0 Å². The number of aromatic amines is 1. The van der Waals surface area contributed by atoms with Crippen molar-refractivity contribution in [3.05, 3.63) is 36.8 Å². The van der Waals surface area contributed by atoms with Gasteiger partial charge in [-0.25, -0.2) is 4.98 Å². The summed E-state index contributed by atoms with van der Waals surface area (Å²) in [6.07, 6.45) is 5.45. The number of nitrogens with two attached hydrogens (primary N) is 1. The van der Waals surface area contributed by atoms with E-state index in [1.54, 1.807) is 6.20 Å². The lowest BCUT2D eigenvalue weighted by Crippen LogP contribution is -1.91. The van der Waals surface area contributed by atoms with Crippen molar-refractivity contribution in [3.8, 4) is 11.1 Å². The molecule has 0 unspecified atom stereocenters. The Morgan fingerprint density at radius 1 is 1.33 bits per heavy atom. The SMILES string of the molecule is Nc1ncccc1-c1cc[nH]c1. The highest BCUT2D eigenvalue weighted by molar-refractivity contribution is 5.72. The molecule has 0 fully saturated rings. The summed E-state index contributed by atoms with van der Waals surface area (Å²) in [6.45, 7) is 0. The van der Waals surface area contributed by atoms with Gasteiger partial charge in [-0.05, 0) is 18.2 Å². The first-order valence-electron chi connectivity index (χ1n) is 3.71. The van der Waals surface area contributed by atoms with Crippen LogP contribution in [0, 0.1) is 0 Å². The molecule has 0 radical (unpaired) electrons. The Bertz CT molecular complexity index is 365. The van der Waals surface area contributed by atoms with E-state index in [1.165, 1.54) is 0 Å². The quantitative estimate of drug-likeness (QED) is 0.664. The Hall–Kier alpha value is -1.77. The fourth-order valence-corrected chi connectivity index (χ4v) is 1.15. The third-order valence-corrected chi connectivity index (χ3v) is 1.75. The van der Waals surface area contributed by atoms with Crippen LogP contribution in [0.5, 0.6) is 0 Å². The van der Waals surface area contributed by atoms with Crippen molar-refractivity contribution in [1.82, 2.24) is 9.97 Å². The second-order valence-corrected chi connectivity index (χ2v) is 2.54. The standard InChI is InChI=1S/C9H9N3/c10-9-8(2-1-4-12-9)7-3-5-11-6-7/h1-6,11H,(H2,10,12). The van der Waals surface area contributed by atoms with Crippen molar-refractivity contribution in [3.63, 3.8) is 0 Å². The van der Waals surface area contributed by atoms with Crippen molar-refractivity contribution in [2.24, 2.45) is 0 Å². The van der Waals surface area contributed by atoms with E-state index in [2.05, 4.69) is 9.97 Å². The maximum atomic E-state index is 5.69. The molecule has 12 heavy (non-hydrogen) atoms. The molecule has 3 heteroatoms. The molecular formula is C9H9N3. The fraction of sp³-hybridized carbons (Fsp3) is 0. The number of nitrogens with one attached hydrogen (secondary N) is 1. The van der Waals surface area contributed by atoms with Crippen LogP contribution in [0.4, 0.5) is 5.82 Å². The molecule has 0 aliphatic heterocycles. The van der Waals surface area contributed by atoms with Gasteiger partial charge in [0.1, 0.15) is 5.82 Å². The van der Waals surface area contributed by atoms with Gasteiger partial charge in [-0.2, -0.15) is 0 Å². The molecule has 2 aromatic heterocycles. The molecule has 2 aromatic rings. The molecular weight excluding hydrogens is 150 g/mol. The van der Waals surface area contributed by atoms with Crippen LogP contribution in [0.3, 0.4) is 0 Å². The Morgan fingerprint density at radius 3 is 2.92 bits per heavy atom. The molecule has 2 rings (SSSR count). The summed E-state index contributed by atoms with van der Waals surface area (Å²) in [5.41, 5.74) is 7.73. The van der Waals surface area contributed by atoms with E-state index in [9.17, 15) is 0 Å². The first-order valence-corrected chi connectivity index (χ1v) is 3.71. The summed E-state index contributed by atoms with van der Waals surface area (Å²) in [5.74, 6) is 0.567. The summed E-state index contributed by atoms with van der Waals surface area (Å²) >= 11 is 0. The van der Waals surface area contributed by atoms with Gasteiger partial charge in [-0.1, -0.05) is 0 Å². The summed E-state index contributed by atoms with van der Waals surface area (Å²) < 4.78 is 0. The molecule has 0 spiro atoms. The van der Waals surface area contributed by atoms with E-state index in [1.807, 2.05) is 30.6 Å². The highest BCUT2D eigenvalue weighted by Crippen LogP contribution is 2.22. The lowest BCUT2D eigenvalue weighted by atomic mass is 10.1. The van der Waals surface area contributed by atoms with Gasteiger partial charge in [0.05, 0.1) is 0 Å². The molecule has 0 atom stereocenters. The largest absolute Gasteiger partial charge is 0.383 e. The first-order chi connectivity index (χ1) is 5.88. The van der Waals surface area contributed by atoms with Crippen molar-refractivity contribution in [2.45, 2.75) is 0 Å². The second kappa shape index (κ2) is 2.70. The molecule has 0 amide bonds. The monoisotopic (exact) mass is 159 g/mol. The zero-order chi connectivity index (χ0) is 8.39. The topological polar surface area (TPSA) is 54.7 Å². The molecule has 0 aliphatic carbocycles. The van der Waals surface area contributed by atoms with E-state index in [0.717, 1.165) is 11.1 Å². The van der Waals surface area contributed by atoms with Crippen LogP contribution in [0.25, 0.3) is 11.1 Å². The number of nitrogens with zero attached hydrogens (tertiary/aromatic N) is 1. The Labute approximate surface area is 70.3 Å². The van der Waals surface area contributed by atoms with Gasteiger partial charge in [0, 0.05) is 29.7 Å². The molecule has 0 saturated carbocycles. The van der Waals surface area contributed by atoms with Gasteiger partial charge in [0.2, 0.25) is 0 Å². The molecule has 3 N–H and O–H groups in total. The van der Waals surface area contributed by atoms with Crippen LogP contribution in [-0.2, 0) is 0 Å². The average Bonchev–Trinajstić information content (AvgIpc) is 2.57. The van der Waals surface area contributed by atoms with Crippen molar-refractivity contribution < 1.29 is 0 Å². The predicted molar refractivity (Wildman–Crippen MR) is 48.4 cm³/mol. The number of anilines is 1. The van der Waals surface area contributed by atoms with Crippen LogP contribution in [-0.4, -0.2) is 9.97 Å². The molecule has 0 aromatic carbocycles. The van der Waals surface area contributed by atoms with Gasteiger partial charge in [-0.3, -0.25) is 0 Å². The van der Waals surface area contributed by atoms with Gasteiger partial charge in [0.25, 0.3) is 0 Å². The molecule has 2 heterocycles. The van der Waals surface area contributed by atoms with E-state index < -0.39 is 0 Å². The zero-order valence-corrected chi connectivity index (χ0v) is 6.49. The molecule has 3 nitrogen and oxygen atoms in total. The smallest absolute Gasteiger partial charge is 0.131 e. The second-order valence-electron chi connectivity index (χ2n) is 2.54. The van der Waals surface area contributed by atoms with E-state index in [-0.39, 0.29) is 0 Å². The minimum atomic E-state index is 0.567. The summed E-state index contributed by atoms with van der Waals surface area (Å²) in [7, 11) is 0. The van der Waals surface area contributed by atoms with E-state index in [4.69, 9.17) is 5.73 Å². The normalized spacial score (nSPS) is 10.0. The third kappa shape index (κ3) is 1.05. The van der Waals surface area contributed by atoms with Crippen LogP contribution in [0.2, 0.25) is 0 Å². The fourth-order valence-electron chi connectivity index (χ4n) is 1.15. The summed E-state index contributed by atoms with van der Waals surface area (Å²) in [6, 6.07) is 5.79. The van der Waals surface area contributed by atoms with E-state index in [0.29, 0.717) is 5.82 Å². The van der Waals surface area contributed by atoms with E-state index >= 15 is 0 Å². The highest BCUT2D eigenvalue weighted by atomic mass is 14.8. The number of aromatic nitrogens is 2. The Balaban J connectivity index is 2.55. The van der Waals surface area contributed by atoms with Crippen LogP contribution in [0.1, 0.15) is 0 Å². The zero-order valence-electron chi connectivity index (χ0n) is 6.49. The maximum Gasteiger partial charge on any atom is 0.131 e. The van der Waals surface area contributed by atoms with Gasteiger partial charge in [-0.15, -0.1) is 0 Å². The van der Waals surface area contributed by atoms with Gasteiger partial charge >= 0.3 is 0 Å². The first kappa shape index (κ1) is 6.91. The lowest BCUT2D eigenvalue weighted by molar-refractivity contribution is 1.34.